The molecule has 27 heavy (non-hydrogen) atoms. The summed E-state index contributed by atoms with van der Waals surface area (Å²) in [4.78, 5) is 34.6. The topological polar surface area (TPSA) is 55.2 Å². The zero-order chi connectivity index (χ0) is 19.0. The summed E-state index contributed by atoms with van der Waals surface area (Å²) in [5, 5.41) is 1.42. The number of rotatable bonds is 5. The van der Waals surface area contributed by atoms with Crippen LogP contribution in [0.4, 0.5) is 0 Å². The molecule has 1 amide bonds. The zero-order valence-corrected chi connectivity index (χ0v) is 17.3. The standard InChI is InChI=1S/C20H25N3O2S2/c1-3-9-23-19(25)17-14-7-4-8-15(14)27-18(17)21-20(23)26-12-16(24)22-10-5-6-13(2)11-22/h3,13H,1,4-12H2,2H3/t13-/m1/s1. The molecule has 0 bridgehead atoms. The number of amides is 1. The van der Waals surface area contributed by atoms with E-state index in [1.807, 2.05) is 4.90 Å². The van der Waals surface area contributed by atoms with Gasteiger partial charge < -0.3 is 4.90 Å². The van der Waals surface area contributed by atoms with Crippen LogP contribution in [0.15, 0.2) is 22.6 Å². The summed E-state index contributed by atoms with van der Waals surface area (Å²) in [5.41, 5.74) is 1.21. The number of allylic oxidation sites excluding steroid dienone is 1. The monoisotopic (exact) mass is 403 g/mol. The number of aromatic nitrogens is 2. The lowest BCUT2D eigenvalue weighted by atomic mass is 10.0. The molecule has 4 rings (SSSR count). The molecule has 0 radical (unpaired) electrons. The van der Waals surface area contributed by atoms with E-state index in [1.165, 1.54) is 28.6 Å². The Labute approximate surface area is 167 Å². The van der Waals surface area contributed by atoms with Crippen molar-refractivity contribution >= 4 is 39.2 Å². The van der Waals surface area contributed by atoms with Crippen molar-refractivity contribution in [1.29, 1.82) is 0 Å². The lowest BCUT2D eigenvalue weighted by Crippen LogP contribution is -2.40. The Bertz CT molecular complexity index is 947. The molecule has 0 spiro atoms. The van der Waals surface area contributed by atoms with Crippen molar-refractivity contribution in [2.75, 3.05) is 18.8 Å². The molecule has 1 aliphatic carbocycles. The molecular weight excluding hydrogens is 378 g/mol. The Balaban J connectivity index is 1.61. The summed E-state index contributed by atoms with van der Waals surface area (Å²) in [6.07, 6.45) is 7.13. The number of carbonyl (C=O) groups is 1. The minimum Gasteiger partial charge on any atom is -0.342 e. The van der Waals surface area contributed by atoms with Gasteiger partial charge in [-0.15, -0.1) is 17.9 Å². The van der Waals surface area contributed by atoms with Crippen molar-refractivity contribution in [3.05, 3.63) is 33.4 Å². The smallest absolute Gasteiger partial charge is 0.263 e. The summed E-state index contributed by atoms with van der Waals surface area (Å²) < 4.78 is 1.68. The van der Waals surface area contributed by atoms with E-state index in [-0.39, 0.29) is 11.5 Å². The number of hydrogen-bond donors (Lipinski definition) is 0. The molecule has 5 nitrogen and oxygen atoms in total. The van der Waals surface area contributed by atoms with Gasteiger partial charge in [0.2, 0.25) is 5.91 Å². The molecule has 0 N–H and O–H groups in total. The van der Waals surface area contributed by atoms with Crippen LogP contribution in [0.3, 0.4) is 0 Å². The number of aryl methyl sites for hydroxylation is 2. The summed E-state index contributed by atoms with van der Waals surface area (Å²) in [6, 6.07) is 0. The molecule has 0 unspecified atom stereocenters. The van der Waals surface area contributed by atoms with Crippen LogP contribution >= 0.6 is 23.1 Å². The molecule has 1 aliphatic heterocycles. The third kappa shape index (κ3) is 3.59. The fourth-order valence-electron chi connectivity index (χ4n) is 4.09. The van der Waals surface area contributed by atoms with E-state index < -0.39 is 0 Å². The van der Waals surface area contributed by atoms with E-state index in [4.69, 9.17) is 4.98 Å². The van der Waals surface area contributed by atoms with Gasteiger partial charge in [-0.1, -0.05) is 24.8 Å². The van der Waals surface area contributed by atoms with Crippen molar-refractivity contribution in [3.8, 4) is 0 Å². The zero-order valence-electron chi connectivity index (χ0n) is 15.7. The number of likely N-dealkylation sites (tertiary alicyclic amines) is 1. The van der Waals surface area contributed by atoms with Crippen LogP contribution in [0.1, 0.15) is 36.6 Å². The minimum atomic E-state index is 0.0147. The number of nitrogens with zero attached hydrogens (tertiary/aromatic N) is 3. The Morgan fingerprint density at radius 3 is 3.04 bits per heavy atom. The van der Waals surface area contributed by atoms with Crippen LogP contribution < -0.4 is 5.56 Å². The number of fused-ring (bicyclic) bond motifs is 3. The second-order valence-corrected chi connectivity index (χ2v) is 9.54. The molecule has 2 aromatic heterocycles. The normalized spacial score (nSPS) is 19.4. The molecule has 1 atom stereocenters. The van der Waals surface area contributed by atoms with Crippen molar-refractivity contribution in [3.63, 3.8) is 0 Å². The quantitative estimate of drug-likeness (QED) is 0.436. The number of hydrogen-bond acceptors (Lipinski definition) is 5. The predicted molar refractivity (Wildman–Crippen MR) is 112 cm³/mol. The first-order valence-corrected chi connectivity index (χ1v) is 11.4. The van der Waals surface area contributed by atoms with E-state index in [9.17, 15) is 9.59 Å². The van der Waals surface area contributed by atoms with Crippen molar-refractivity contribution in [2.24, 2.45) is 5.92 Å². The average molecular weight is 404 g/mol. The van der Waals surface area contributed by atoms with Crippen LogP contribution in [0.25, 0.3) is 10.2 Å². The highest BCUT2D eigenvalue weighted by Crippen LogP contribution is 2.35. The van der Waals surface area contributed by atoms with E-state index >= 15 is 0 Å². The summed E-state index contributed by atoms with van der Waals surface area (Å²) in [7, 11) is 0. The molecule has 2 aromatic rings. The van der Waals surface area contributed by atoms with Crippen LogP contribution in [0.2, 0.25) is 0 Å². The van der Waals surface area contributed by atoms with Crippen molar-refractivity contribution in [2.45, 2.75) is 50.7 Å². The second kappa shape index (κ2) is 7.80. The Morgan fingerprint density at radius 2 is 2.26 bits per heavy atom. The van der Waals surface area contributed by atoms with Gasteiger partial charge in [0.15, 0.2) is 5.16 Å². The number of piperidine rings is 1. The van der Waals surface area contributed by atoms with E-state index in [1.54, 1.807) is 22.0 Å². The molecule has 7 heteroatoms. The van der Waals surface area contributed by atoms with Gasteiger partial charge in [-0.05, 0) is 43.6 Å². The molecule has 0 aromatic carbocycles. The van der Waals surface area contributed by atoms with Gasteiger partial charge in [0.05, 0.1) is 11.1 Å². The lowest BCUT2D eigenvalue weighted by molar-refractivity contribution is -0.130. The van der Waals surface area contributed by atoms with Crippen LogP contribution in [0, 0.1) is 5.92 Å². The summed E-state index contributed by atoms with van der Waals surface area (Å²) in [5.74, 6) is 1.03. The lowest BCUT2D eigenvalue weighted by Gasteiger charge is -2.30. The van der Waals surface area contributed by atoms with Gasteiger partial charge in [-0.3, -0.25) is 14.2 Å². The number of thiophene rings is 1. The fourth-order valence-corrected chi connectivity index (χ4v) is 6.31. The first kappa shape index (κ1) is 18.7. The predicted octanol–water partition coefficient (Wildman–Crippen LogP) is 3.48. The molecule has 144 valence electrons. The van der Waals surface area contributed by atoms with Gasteiger partial charge in [0.1, 0.15) is 4.83 Å². The highest BCUT2D eigenvalue weighted by atomic mass is 32.2. The summed E-state index contributed by atoms with van der Waals surface area (Å²) in [6.45, 7) is 8.08. The largest absolute Gasteiger partial charge is 0.342 e. The van der Waals surface area contributed by atoms with Gasteiger partial charge in [-0.25, -0.2) is 4.98 Å². The van der Waals surface area contributed by atoms with E-state index in [0.717, 1.165) is 49.0 Å². The van der Waals surface area contributed by atoms with Gasteiger partial charge >= 0.3 is 0 Å². The highest BCUT2D eigenvalue weighted by molar-refractivity contribution is 7.99. The van der Waals surface area contributed by atoms with Gasteiger partial charge in [0, 0.05) is 24.5 Å². The molecule has 1 fully saturated rings. The van der Waals surface area contributed by atoms with Gasteiger partial charge in [-0.2, -0.15) is 0 Å². The molecule has 3 heterocycles. The average Bonchev–Trinajstić information content (AvgIpc) is 3.23. The van der Waals surface area contributed by atoms with Crippen LogP contribution in [0.5, 0.6) is 0 Å². The summed E-state index contributed by atoms with van der Waals surface area (Å²) >= 11 is 3.02. The van der Waals surface area contributed by atoms with E-state index in [2.05, 4.69) is 13.5 Å². The maximum absolute atomic E-state index is 13.1. The fraction of sp³-hybridized carbons (Fsp3) is 0.550. The first-order valence-electron chi connectivity index (χ1n) is 9.65. The van der Waals surface area contributed by atoms with Crippen molar-refractivity contribution < 1.29 is 4.79 Å². The first-order chi connectivity index (χ1) is 13.1. The van der Waals surface area contributed by atoms with Crippen LogP contribution in [-0.2, 0) is 24.2 Å². The number of carbonyl (C=O) groups excluding carboxylic acids is 1. The maximum Gasteiger partial charge on any atom is 0.263 e. The SMILES string of the molecule is C=CCn1c(SCC(=O)N2CCC[C@@H](C)C2)nc2sc3c(c2c1=O)CCC3. The number of thioether (sulfide) groups is 1. The maximum atomic E-state index is 13.1. The third-order valence-electron chi connectivity index (χ3n) is 5.44. The Hall–Kier alpha value is -1.60. The molecular formula is C20H25N3O2S2. The Kier molecular flexibility index (Phi) is 5.41. The second-order valence-electron chi connectivity index (χ2n) is 7.51. The van der Waals surface area contributed by atoms with Crippen molar-refractivity contribution in [1.82, 2.24) is 14.5 Å². The van der Waals surface area contributed by atoms with E-state index in [0.29, 0.717) is 23.4 Å². The van der Waals surface area contributed by atoms with Gasteiger partial charge in [0.25, 0.3) is 5.56 Å². The highest BCUT2D eigenvalue weighted by Gasteiger charge is 2.25. The molecule has 0 saturated carbocycles. The minimum absolute atomic E-state index is 0.0147. The molecule has 2 aliphatic rings. The third-order valence-corrected chi connectivity index (χ3v) is 7.58. The van der Waals surface area contributed by atoms with Crippen LogP contribution in [-0.4, -0.2) is 39.2 Å². The molecule has 1 saturated heterocycles. The Morgan fingerprint density at radius 1 is 1.41 bits per heavy atom.